The maximum absolute atomic E-state index is 12.8. The Morgan fingerprint density at radius 3 is 2.32 bits per heavy atom. The molecule has 146 valence electrons. The van der Waals surface area contributed by atoms with Gasteiger partial charge in [-0.2, -0.15) is 0 Å². The van der Waals surface area contributed by atoms with Gasteiger partial charge in [0.05, 0.1) is 26.5 Å². The van der Waals surface area contributed by atoms with E-state index in [4.69, 9.17) is 9.47 Å². The van der Waals surface area contributed by atoms with Crippen LogP contribution in [0.1, 0.15) is 5.69 Å². The molecule has 1 aromatic heterocycles. The Hall–Kier alpha value is -3.26. The fourth-order valence-corrected chi connectivity index (χ4v) is 3.80. The van der Waals surface area contributed by atoms with Gasteiger partial charge in [0.25, 0.3) is 10.0 Å². The number of benzene rings is 2. The Kier molecular flexibility index (Phi) is 6.00. The minimum absolute atomic E-state index is 0.00621. The Morgan fingerprint density at radius 1 is 0.929 bits per heavy atom. The maximum atomic E-state index is 12.8. The van der Waals surface area contributed by atoms with Crippen LogP contribution in [0.2, 0.25) is 0 Å². The lowest BCUT2D eigenvalue weighted by Crippen LogP contribution is -2.14. The minimum atomic E-state index is -3.84. The fourth-order valence-electron chi connectivity index (χ4n) is 2.56. The summed E-state index contributed by atoms with van der Waals surface area (Å²) in [5.41, 5.74) is 2.21. The van der Waals surface area contributed by atoms with E-state index in [1.54, 1.807) is 42.6 Å². The third-order valence-electron chi connectivity index (χ3n) is 4.00. The van der Waals surface area contributed by atoms with E-state index < -0.39 is 10.0 Å². The van der Waals surface area contributed by atoms with Gasteiger partial charge in [-0.15, -0.1) is 0 Å². The van der Waals surface area contributed by atoms with Crippen LogP contribution in [0.3, 0.4) is 0 Å². The van der Waals surface area contributed by atoms with Gasteiger partial charge in [0.2, 0.25) is 0 Å². The smallest absolute Gasteiger partial charge is 0.265 e. The van der Waals surface area contributed by atoms with Gasteiger partial charge in [0.15, 0.2) is 0 Å². The number of ether oxygens (including phenoxy) is 2. The van der Waals surface area contributed by atoms with E-state index in [0.717, 1.165) is 11.4 Å². The Bertz CT molecular complexity index is 1020. The lowest BCUT2D eigenvalue weighted by atomic mass is 10.3. The van der Waals surface area contributed by atoms with Crippen LogP contribution >= 0.6 is 0 Å². The predicted molar refractivity (Wildman–Crippen MR) is 108 cm³/mol. The molecule has 0 fully saturated rings. The molecule has 0 unspecified atom stereocenters. The van der Waals surface area contributed by atoms with Crippen molar-refractivity contribution in [3.63, 3.8) is 0 Å². The van der Waals surface area contributed by atoms with Crippen molar-refractivity contribution in [2.24, 2.45) is 0 Å². The number of nitrogens with one attached hydrogen (secondary N) is 2. The van der Waals surface area contributed by atoms with Crippen molar-refractivity contribution in [2.75, 3.05) is 24.3 Å². The third kappa shape index (κ3) is 4.72. The largest absolute Gasteiger partial charge is 0.497 e. The zero-order chi connectivity index (χ0) is 20.0. The number of methoxy groups -OCH3 is 2. The topological polar surface area (TPSA) is 89.5 Å². The van der Waals surface area contributed by atoms with Crippen molar-refractivity contribution in [1.82, 2.24) is 4.98 Å². The first-order valence-corrected chi connectivity index (χ1v) is 9.99. The molecule has 0 saturated heterocycles. The number of pyridine rings is 1. The molecule has 0 spiro atoms. The summed E-state index contributed by atoms with van der Waals surface area (Å²) < 4.78 is 38.4. The normalized spacial score (nSPS) is 10.9. The molecule has 3 rings (SSSR count). The molecule has 2 N–H and O–H groups in total. The van der Waals surface area contributed by atoms with E-state index in [1.165, 1.54) is 20.3 Å². The monoisotopic (exact) mass is 399 g/mol. The van der Waals surface area contributed by atoms with Gasteiger partial charge in [0.1, 0.15) is 16.4 Å². The van der Waals surface area contributed by atoms with Crippen LogP contribution in [-0.4, -0.2) is 27.6 Å². The van der Waals surface area contributed by atoms with Gasteiger partial charge in [-0.1, -0.05) is 6.07 Å². The van der Waals surface area contributed by atoms with Gasteiger partial charge in [-0.05, 0) is 48.5 Å². The van der Waals surface area contributed by atoms with Crippen molar-refractivity contribution in [2.45, 2.75) is 11.4 Å². The number of rotatable bonds is 8. The van der Waals surface area contributed by atoms with Crippen LogP contribution in [0.4, 0.5) is 11.4 Å². The zero-order valence-electron chi connectivity index (χ0n) is 15.5. The van der Waals surface area contributed by atoms with Crippen molar-refractivity contribution < 1.29 is 17.9 Å². The SMILES string of the molecule is COc1ccc(OC)c(S(=O)(=O)Nc2ccc(NCc3ccccn3)cc2)c1. The zero-order valence-corrected chi connectivity index (χ0v) is 16.4. The molecule has 0 radical (unpaired) electrons. The van der Waals surface area contributed by atoms with Crippen LogP contribution in [-0.2, 0) is 16.6 Å². The van der Waals surface area contributed by atoms with Crippen molar-refractivity contribution in [3.05, 3.63) is 72.6 Å². The molecule has 28 heavy (non-hydrogen) atoms. The van der Waals surface area contributed by atoms with Crippen LogP contribution in [0, 0.1) is 0 Å². The van der Waals surface area contributed by atoms with E-state index in [2.05, 4.69) is 15.0 Å². The molecule has 0 bridgehead atoms. The average molecular weight is 399 g/mol. The van der Waals surface area contributed by atoms with E-state index >= 15 is 0 Å². The standard InChI is InChI=1S/C20H21N3O4S/c1-26-18-10-11-19(27-2)20(13-18)28(24,25)23-16-8-6-15(7-9-16)22-14-17-5-3-4-12-21-17/h3-13,22-23H,14H2,1-2H3. The molecule has 3 aromatic rings. The summed E-state index contributed by atoms with van der Waals surface area (Å²) in [6.45, 7) is 0.576. The summed E-state index contributed by atoms with van der Waals surface area (Å²) in [7, 11) is -0.948. The quantitative estimate of drug-likeness (QED) is 0.602. The first-order chi connectivity index (χ1) is 13.5. The van der Waals surface area contributed by atoms with Gasteiger partial charge < -0.3 is 14.8 Å². The predicted octanol–water partition coefficient (Wildman–Crippen LogP) is 3.51. The molecule has 1 heterocycles. The number of hydrogen-bond acceptors (Lipinski definition) is 6. The number of hydrogen-bond donors (Lipinski definition) is 2. The summed E-state index contributed by atoms with van der Waals surface area (Å²) in [5, 5.41) is 3.24. The summed E-state index contributed by atoms with van der Waals surface area (Å²) in [4.78, 5) is 4.25. The van der Waals surface area contributed by atoms with Gasteiger partial charge in [0, 0.05) is 23.6 Å². The molecule has 0 aliphatic rings. The molecule has 0 saturated carbocycles. The molecule has 0 aliphatic carbocycles. The van der Waals surface area contributed by atoms with Crippen molar-refractivity contribution in [1.29, 1.82) is 0 Å². The number of anilines is 2. The summed E-state index contributed by atoms with van der Waals surface area (Å²) >= 11 is 0. The first kappa shape index (κ1) is 19.5. The van der Waals surface area contributed by atoms with E-state index in [0.29, 0.717) is 18.0 Å². The second kappa shape index (κ2) is 8.62. The summed E-state index contributed by atoms with van der Waals surface area (Å²) in [5.74, 6) is 0.664. The average Bonchev–Trinajstić information content (AvgIpc) is 2.73. The maximum Gasteiger partial charge on any atom is 0.265 e. The molecule has 0 amide bonds. The highest BCUT2D eigenvalue weighted by atomic mass is 32.2. The van der Waals surface area contributed by atoms with E-state index in [9.17, 15) is 8.42 Å². The van der Waals surface area contributed by atoms with Crippen LogP contribution in [0.15, 0.2) is 71.8 Å². The number of aromatic nitrogens is 1. The highest BCUT2D eigenvalue weighted by Crippen LogP contribution is 2.30. The molecular weight excluding hydrogens is 378 g/mol. The summed E-state index contributed by atoms with van der Waals surface area (Å²) in [6, 6.07) is 17.3. The number of sulfonamides is 1. The lowest BCUT2D eigenvalue weighted by Gasteiger charge is -2.13. The molecule has 0 aliphatic heterocycles. The first-order valence-electron chi connectivity index (χ1n) is 8.50. The van der Waals surface area contributed by atoms with E-state index in [-0.39, 0.29) is 10.6 Å². The number of nitrogens with zero attached hydrogens (tertiary/aromatic N) is 1. The van der Waals surface area contributed by atoms with E-state index in [1.807, 2.05) is 18.2 Å². The van der Waals surface area contributed by atoms with Gasteiger partial charge in [-0.3, -0.25) is 9.71 Å². The van der Waals surface area contributed by atoms with Gasteiger partial charge in [-0.25, -0.2) is 8.42 Å². The third-order valence-corrected chi connectivity index (χ3v) is 5.40. The fraction of sp³-hybridized carbons (Fsp3) is 0.150. The van der Waals surface area contributed by atoms with Crippen molar-refractivity contribution in [3.8, 4) is 11.5 Å². The Labute approximate surface area is 164 Å². The minimum Gasteiger partial charge on any atom is -0.497 e. The molecular formula is C20H21N3O4S. The summed E-state index contributed by atoms with van der Waals surface area (Å²) in [6.07, 6.45) is 1.74. The van der Waals surface area contributed by atoms with Crippen LogP contribution < -0.4 is 19.5 Å². The highest BCUT2D eigenvalue weighted by Gasteiger charge is 2.20. The Balaban J connectivity index is 1.72. The van der Waals surface area contributed by atoms with Gasteiger partial charge >= 0.3 is 0 Å². The molecule has 2 aromatic carbocycles. The van der Waals surface area contributed by atoms with Crippen molar-refractivity contribution >= 4 is 21.4 Å². The second-order valence-electron chi connectivity index (χ2n) is 5.87. The lowest BCUT2D eigenvalue weighted by molar-refractivity contribution is 0.392. The highest BCUT2D eigenvalue weighted by molar-refractivity contribution is 7.92. The molecule has 0 atom stereocenters. The van der Waals surface area contributed by atoms with Crippen LogP contribution in [0.25, 0.3) is 0 Å². The molecule has 8 heteroatoms. The van der Waals surface area contributed by atoms with Crippen LogP contribution in [0.5, 0.6) is 11.5 Å². The Morgan fingerprint density at radius 2 is 1.68 bits per heavy atom. The second-order valence-corrected chi connectivity index (χ2v) is 7.53. The molecule has 7 nitrogen and oxygen atoms in total.